The van der Waals surface area contributed by atoms with Crippen LogP contribution in [-0.4, -0.2) is 297 Å². The number of Topliss-reactive ketones (excluding diaryl/α,β-unsaturated/α-hetero) is 5. The maximum atomic E-state index is 13.5. The molecule has 4 unspecified atom stereocenters. The fraction of sp³-hybridized carbons (Fsp3) is 0.743. The van der Waals surface area contributed by atoms with Crippen LogP contribution in [0.4, 0.5) is 27.9 Å². The fourth-order valence-corrected chi connectivity index (χ4v) is 26.2. The van der Waals surface area contributed by atoms with Crippen LogP contribution in [0.5, 0.6) is 5.75 Å². The first kappa shape index (κ1) is 104. The van der Waals surface area contributed by atoms with Crippen molar-refractivity contribution in [1.29, 1.82) is 0 Å². The second kappa shape index (κ2) is 45.4. The number of piperidine rings is 5. The summed E-state index contributed by atoms with van der Waals surface area (Å²) in [7, 11) is 8.11. The minimum Gasteiger partial charge on any atom is -0.491 e. The fourth-order valence-electron chi connectivity index (χ4n) is 26.2. The summed E-state index contributed by atoms with van der Waals surface area (Å²) >= 11 is 0. The van der Waals surface area contributed by atoms with Gasteiger partial charge in [-0.05, 0) is 182 Å². The van der Waals surface area contributed by atoms with E-state index >= 15 is 0 Å². The molecule has 39 nitrogen and oxygen atoms in total. The summed E-state index contributed by atoms with van der Waals surface area (Å²) in [6.07, 6.45) is 24.8. The number of methoxy groups -OCH3 is 4. The number of ether oxygens (including phenoxy) is 12. The molecular formula is C101H141N11O28. The van der Waals surface area contributed by atoms with E-state index in [2.05, 4.69) is 74.3 Å². The number of hydrogen-bond acceptors (Lipinski definition) is 34. The second-order valence-corrected chi connectivity index (χ2v) is 42.4. The molecule has 10 saturated carbocycles. The number of nitrogens with zero attached hydrogens (tertiary/aromatic N) is 6. The van der Waals surface area contributed by atoms with Gasteiger partial charge in [0.15, 0.2) is 47.3 Å². The Balaban J connectivity index is 0.000000130. The topological polar surface area (TPSA) is 483 Å². The lowest BCUT2D eigenvalue weighted by Gasteiger charge is -2.43. The Kier molecular flexibility index (Phi) is 33.8. The summed E-state index contributed by atoms with van der Waals surface area (Å²) in [6.45, 7) is 20.5. The number of carbonyl (C=O) groups is 16. The maximum absolute atomic E-state index is 13.5. The van der Waals surface area contributed by atoms with Crippen LogP contribution in [0.15, 0.2) is 18.3 Å². The highest BCUT2D eigenvalue weighted by molar-refractivity contribution is 6.18. The molecule has 0 bridgehead atoms. The minimum absolute atomic E-state index is 0.00384. The molecule has 22 rings (SSSR count). The van der Waals surface area contributed by atoms with Gasteiger partial charge in [-0.15, -0.1) is 0 Å². The highest BCUT2D eigenvalue weighted by Crippen LogP contribution is 2.57. The van der Waals surface area contributed by atoms with Crippen molar-refractivity contribution >= 4 is 118 Å². The number of likely N-dealkylation sites (tertiary alicyclic amines) is 2. The summed E-state index contributed by atoms with van der Waals surface area (Å²) in [6, 6.07) is 4.14. The van der Waals surface area contributed by atoms with Crippen molar-refractivity contribution in [2.75, 3.05) is 156 Å². The summed E-state index contributed by atoms with van der Waals surface area (Å²) in [5.41, 5.74) is 2.71. The lowest BCUT2D eigenvalue weighted by Crippen LogP contribution is -2.55. The summed E-state index contributed by atoms with van der Waals surface area (Å²) in [5, 5.41) is 15.9. The van der Waals surface area contributed by atoms with Gasteiger partial charge in [0.1, 0.15) is 64.1 Å². The molecule has 18 fully saturated rings. The molecule has 10 aliphatic heterocycles. The van der Waals surface area contributed by atoms with E-state index in [-0.39, 0.29) is 71.7 Å². The normalized spacial score (nSPS) is 32.7. The van der Waals surface area contributed by atoms with E-state index in [0.717, 1.165) is 198 Å². The van der Waals surface area contributed by atoms with Crippen LogP contribution < -0.4 is 41.1 Å². The lowest BCUT2D eigenvalue weighted by atomic mass is 9.82. The molecule has 3 spiro atoms. The van der Waals surface area contributed by atoms with Crippen LogP contribution in [0.25, 0.3) is 0 Å². The predicted octanol–water partition coefficient (Wildman–Crippen LogP) is 6.51. The number of carbonyl (C=O) groups excluding carboxylic acids is 16. The summed E-state index contributed by atoms with van der Waals surface area (Å²) in [5.74, 6) is -5.16. The van der Waals surface area contributed by atoms with Crippen molar-refractivity contribution in [2.24, 2.45) is 107 Å². The predicted molar refractivity (Wildman–Crippen MR) is 498 cm³/mol. The minimum atomic E-state index is -1.57. The molecule has 20 aliphatic rings. The van der Waals surface area contributed by atoms with Gasteiger partial charge in [0, 0.05) is 171 Å². The molecule has 39 heteroatoms. The SMILES string of the molecule is C1C[C@H]2CC3(C[C@H]2CN1)OCCO3.CC(C)(C)OC(=O)N1CC[C@H]2CC3(C[C@H]2C1)OCCO3.CC[C@@H]1C(=O)N(C)c2cnc(Nc3ccc(C(=O)N[C@@H]4C[C@H]5CCN(C)C[C@H]5C4)c4c3OCC4)nc2N1C1CCCC1.COC(=O)C1C(=O)C(C(=O)OC)C2C(C(=O)OC)C(=O)C(C(=O)OC)C12.O=C1CC2CC(=O)CC2C1.O=C1C[C@H]2CC3(C[C@H]2CN1)OCCO3.O=C1C[C@H]2CNC(=O)C[C@H]2C1.O=CC=O. The quantitative estimate of drug-likeness (QED) is 0.0526. The van der Waals surface area contributed by atoms with Gasteiger partial charge in [-0.25, -0.2) is 9.78 Å². The number of fused-ring (bicyclic) bond motifs is 9. The maximum Gasteiger partial charge on any atom is 0.410 e. The average Bonchev–Trinajstić information content (AvgIpc) is 1.54. The van der Waals surface area contributed by atoms with Crippen LogP contribution in [0.2, 0.25) is 0 Å². The second-order valence-electron chi connectivity index (χ2n) is 42.4. The van der Waals surface area contributed by atoms with E-state index in [0.29, 0.717) is 185 Å². The van der Waals surface area contributed by atoms with Gasteiger partial charge in [-0.3, -0.25) is 71.9 Å². The molecule has 140 heavy (non-hydrogen) atoms. The molecule has 11 heterocycles. The number of anilines is 4. The molecule has 768 valence electrons. The van der Waals surface area contributed by atoms with Crippen LogP contribution in [0.3, 0.4) is 0 Å². The molecule has 8 saturated heterocycles. The first-order valence-corrected chi connectivity index (χ1v) is 50.5. The lowest BCUT2D eigenvalue weighted by molar-refractivity contribution is -0.157. The molecular weight excluding hydrogens is 1820 g/mol. The van der Waals surface area contributed by atoms with Gasteiger partial charge in [0.25, 0.3) is 5.91 Å². The Hall–Kier alpha value is -9.90. The van der Waals surface area contributed by atoms with Crippen LogP contribution in [0, 0.1) is 107 Å². The number of likely N-dealkylation sites (N-methyl/N-ethyl adjacent to an activating group) is 1. The van der Waals surface area contributed by atoms with Crippen molar-refractivity contribution in [1.82, 2.24) is 41.0 Å². The van der Waals surface area contributed by atoms with Crippen molar-refractivity contribution in [3.05, 3.63) is 29.5 Å². The third-order valence-electron chi connectivity index (χ3n) is 32.6. The number of esters is 4. The van der Waals surface area contributed by atoms with Crippen LogP contribution in [0.1, 0.15) is 198 Å². The highest BCUT2D eigenvalue weighted by atomic mass is 16.7. The van der Waals surface area contributed by atoms with Gasteiger partial charge in [-0.2, -0.15) is 4.98 Å². The molecule has 2 aromatic rings. The van der Waals surface area contributed by atoms with Crippen molar-refractivity contribution in [2.45, 2.75) is 229 Å². The summed E-state index contributed by atoms with van der Waals surface area (Å²) in [4.78, 5) is 203. The largest absolute Gasteiger partial charge is 0.491 e. The zero-order valence-corrected chi connectivity index (χ0v) is 82.4. The molecule has 5 N–H and O–H groups in total. The zero-order chi connectivity index (χ0) is 99.8. The molecule has 0 radical (unpaired) electrons. The molecule has 16 atom stereocenters. The van der Waals surface area contributed by atoms with E-state index in [4.69, 9.17) is 52.5 Å². The number of amides is 5. The Morgan fingerprint density at radius 2 is 1.01 bits per heavy atom. The average molecular weight is 1960 g/mol. The number of aromatic nitrogens is 2. The van der Waals surface area contributed by atoms with Gasteiger partial charge in [0.05, 0.1) is 86.6 Å². The van der Waals surface area contributed by atoms with Crippen molar-refractivity contribution in [3.63, 3.8) is 0 Å². The smallest absolute Gasteiger partial charge is 0.410 e. The number of aldehydes is 2. The number of ketones is 5. The Morgan fingerprint density at radius 1 is 0.536 bits per heavy atom. The third-order valence-corrected chi connectivity index (χ3v) is 32.6. The number of nitrogens with one attached hydrogen (secondary N) is 5. The first-order valence-electron chi connectivity index (χ1n) is 50.5. The Morgan fingerprint density at radius 3 is 1.52 bits per heavy atom. The molecule has 1 aromatic heterocycles. The highest BCUT2D eigenvalue weighted by Gasteiger charge is 2.71. The van der Waals surface area contributed by atoms with E-state index < -0.39 is 76.6 Å². The monoisotopic (exact) mass is 1960 g/mol. The third kappa shape index (κ3) is 23.4. The standard InChI is InChI=1S/C32H43N7O3.C16H18O10.C15H25NO4.C10H15NO3.C10H17NO2.C8H11NO2.C8H10O2.C2H2O2/c1-4-26-31(41)38(3)27-17-33-32(36-29(27)39(26)22-7-5-6-8-22)35-25-10-9-24(23-12-14-42-28(23)25)30(40)34-21-15-19-11-13-37(2)18-20(19)16-21;1-23-13(19)7-5-6(9(11(7)17)15(21)25-3)10(16(22)26-4)12(18)8(5)14(20)24-2;1-14(2,3)20-13(17)16-5-4-11-8-15(9-12(11)10-16)18-6-7-19-15;12-9-3-7-4-10(13-1-2-14-10)5-8(7)6-11-9;1-2-11-7-9-6-10(5-8(1)9)12-3-4-13-10;10-7-1-5-3-8(11)9-4-6(5)2-7;9-7-1-5-2-8(10)4-6(5)3-7;3-1-2-4/h9-10,17,19-22,26H,4-8,11-16,18H2,1-3H3,(H,34,40)(H,33,35,36);5-10H,1-4H3;11-12H,4-10H2,1-3H3;7-8H,1-6H2,(H,11,12);8-9,11H,1-7H2;5-6H,1-4H2,(H,9,11);5-6H,1-4H2;1-2H/t19-,20-,21-,26-;;11-,12-;7-,8-;8-,9-;5-,6+;;/m1.0001../s1. The van der Waals surface area contributed by atoms with Crippen molar-refractivity contribution in [3.8, 4) is 5.75 Å². The Bertz CT molecular complexity index is 4750. The zero-order valence-electron chi connectivity index (χ0n) is 82.4. The van der Waals surface area contributed by atoms with Crippen LogP contribution in [-0.2, 0) is 126 Å². The number of rotatable bonds is 11. The van der Waals surface area contributed by atoms with Gasteiger partial charge < -0.3 is 103 Å². The van der Waals surface area contributed by atoms with Crippen LogP contribution >= 0.6 is 0 Å². The number of hydrogen-bond donors (Lipinski definition) is 5. The van der Waals surface area contributed by atoms with E-state index in [1.807, 2.05) is 44.9 Å². The van der Waals surface area contributed by atoms with E-state index in [1.54, 1.807) is 11.1 Å². The van der Waals surface area contributed by atoms with E-state index in [9.17, 15) is 67.1 Å². The molecule has 5 amide bonds. The van der Waals surface area contributed by atoms with E-state index in [1.165, 1.54) is 38.8 Å². The van der Waals surface area contributed by atoms with Gasteiger partial charge in [-0.1, -0.05) is 19.8 Å². The van der Waals surface area contributed by atoms with Gasteiger partial charge in [0.2, 0.25) is 23.7 Å². The molecule has 10 aliphatic carbocycles. The molecule has 1 aromatic carbocycles. The Labute approximate surface area is 816 Å². The summed E-state index contributed by atoms with van der Waals surface area (Å²) < 4.78 is 64.4. The van der Waals surface area contributed by atoms with Gasteiger partial charge >= 0.3 is 30.0 Å². The van der Waals surface area contributed by atoms with Crippen molar-refractivity contribution < 1.29 is 134 Å². The first-order chi connectivity index (χ1) is 67.1. The number of benzene rings is 1.